The summed E-state index contributed by atoms with van der Waals surface area (Å²) in [5.41, 5.74) is 8.29. The van der Waals surface area contributed by atoms with Crippen molar-refractivity contribution in [2.75, 3.05) is 37.7 Å². The van der Waals surface area contributed by atoms with Crippen LogP contribution in [0.2, 0.25) is 0 Å². The Balaban J connectivity index is 1.22. The van der Waals surface area contributed by atoms with Crippen LogP contribution in [0.25, 0.3) is 11.1 Å². The van der Waals surface area contributed by atoms with Crippen LogP contribution in [-0.4, -0.2) is 43.8 Å². The lowest BCUT2D eigenvalue weighted by Crippen LogP contribution is -2.49. The van der Waals surface area contributed by atoms with E-state index in [9.17, 15) is 4.79 Å². The normalized spacial score (nSPS) is 15.0. The SMILES string of the molecule is C#CCc1cc(N2CCN(C(=O)OCC3c4ccccc4-c4ccccc43)CC2)cc(S)c1C. The number of carbonyl (C=O) groups is 1. The second-order valence-electron chi connectivity index (χ2n) is 8.91. The Morgan fingerprint density at radius 3 is 2.26 bits per heavy atom. The fourth-order valence-corrected chi connectivity index (χ4v) is 5.33. The largest absolute Gasteiger partial charge is 0.448 e. The first kappa shape index (κ1) is 22.4. The van der Waals surface area contributed by atoms with Crippen LogP contribution in [0.5, 0.6) is 0 Å². The minimum atomic E-state index is -0.242. The Morgan fingerprint density at radius 2 is 1.65 bits per heavy atom. The summed E-state index contributed by atoms with van der Waals surface area (Å²) in [7, 11) is 0. The number of carbonyl (C=O) groups excluding carboxylic acids is 1. The van der Waals surface area contributed by atoms with Crippen molar-refractivity contribution in [2.45, 2.75) is 24.2 Å². The maximum atomic E-state index is 12.9. The standard InChI is InChI=1S/C29H28N2O2S/c1-3-8-21-17-22(18-28(34)20(21)2)30-13-15-31(16-14-30)29(32)33-19-27-25-11-6-4-9-23(25)24-10-5-7-12-26(24)27/h1,4-7,9-12,17-18,27,34H,8,13-16,19H2,2H3. The molecule has 172 valence electrons. The number of anilines is 1. The van der Waals surface area contributed by atoms with E-state index in [1.165, 1.54) is 22.3 Å². The molecule has 2 aliphatic rings. The quantitative estimate of drug-likeness (QED) is 0.404. The number of hydrogen-bond acceptors (Lipinski definition) is 4. The van der Waals surface area contributed by atoms with Crippen LogP contribution in [0, 0.1) is 19.3 Å². The molecule has 3 aromatic rings. The number of piperazine rings is 1. The molecule has 0 saturated carbocycles. The summed E-state index contributed by atoms with van der Waals surface area (Å²) < 4.78 is 5.84. The van der Waals surface area contributed by atoms with Crippen molar-refractivity contribution in [1.82, 2.24) is 4.90 Å². The number of ether oxygens (including phenoxy) is 1. The van der Waals surface area contributed by atoms with Gasteiger partial charge in [0, 0.05) is 49.1 Å². The molecule has 0 unspecified atom stereocenters. The lowest BCUT2D eigenvalue weighted by Gasteiger charge is -2.36. The molecule has 34 heavy (non-hydrogen) atoms. The second-order valence-corrected chi connectivity index (χ2v) is 9.39. The van der Waals surface area contributed by atoms with Gasteiger partial charge in [-0.1, -0.05) is 48.5 Å². The van der Waals surface area contributed by atoms with Crippen molar-refractivity contribution in [3.8, 4) is 23.5 Å². The summed E-state index contributed by atoms with van der Waals surface area (Å²) in [4.78, 5) is 17.9. The Hall–Kier alpha value is -3.36. The highest BCUT2D eigenvalue weighted by molar-refractivity contribution is 7.80. The van der Waals surface area contributed by atoms with Gasteiger partial charge in [0.25, 0.3) is 0 Å². The van der Waals surface area contributed by atoms with Crippen molar-refractivity contribution >= 4 is 24.4 Å². The fraction of sp³-hybridized carbons (Fsp3) is 0.276. The summed E-state index contributed by atoms with van der Waals surface area (Å²) in [6, 6.07) is 21.0. The van der Waals surface area contributed by atoms with Gasteiger partial charge in [0.1, 0.15) is 6.61 Å². The van der Waals surface area contributed by atoms with E-state index in [1.54, 1.807) is 4.90 Å². The summed E-state index contributed by atoms with van der Waals surface area (Å²) in [6.45, 7) is 5.14. The van der Waals surface area contributed by atoms with Gasteiger partial charge < -0.3 is 14.5 Å². The van der Waals surface area contributed by atoms with Crippen LogP contribution >= 0.6 is 12.6 Å². The molecule has 1 heterocycles. The van der Waals surface area contributed by atoms with E-state index in [0.29, 0.717) is 26.1 Å². The van der Waals surface area contributed by atoms with Crippen LogP contribution in [-0.2, 0) is 11.2 Å². The minimum absolute atomic E-state index is 0.0774. The summed E-state index contributed by atoms with van der Waals surface area (Å²) in [5, 5.41) is 0. The zero-order valence-electron chi connectivity index (χ0n) is 19.3. The van der Waals surface area contributed by atoms with Crippen LogP contribution in [0.1, 0.15) is 28.2 Å². The predicted octanol–water partition coefficient (Wildman–Crippen LogP) is 5.53. The highest BCUT2D eigenvalue weighted by Gasteiger charge is 2.30. The van der Waals surface area contributed by atoms with Crippen molar-refractivity contribution in [3.05, 3.63) is 82.9 Å². The van der Waals surface area contributed by atoms with Gasteiger partial charge in [-0.25, -0.2) is 4.79 Å². The highest BCUT2D eigenvalue weighted by atomic mass is 32.1. The van der Waals surface area contributed by atoms with Gasteiger partial charge in [-0.3, -0.25) is 0 Å². The van der Waals surface area contributed by atoms with Crippen molar-refractivity contribution in [2.24, 2.45) is 0 Å². The zero-order valence-corrected chi connectivity index (χ0v) is 20.2. The second kappa shape index (κ2) is 9.48. The number of terminal acetylenes is 1. The molecule has 0 spiro atoms. The molecule has 1 aliphatic heterocycles. The molecule has 1 saturated heterocycles. The summed E-state index contributed by atoms with van der Waals surface area (Å²) in [6.07, 6.45) is 5.89. The number of fused-ring (bicyclic) bond motifs is 3. The van der Waals surface area contributed by atoms with Gasteiger partial charge in [0.2, 0.25) is 0 Å². The number of amides is 1. The van der Waals surface area contributed by atoms with Crippen molar-refractivity contribution in [1.29, 1.82) is 0 Å². The molecular formula is C29H28N2O2S. The first-order valence-electron chi connectivity index (χ1n) is 11.7. The van der Waals surface area contributed by atoms with Crippen LogP contribution in [0.15, 0.2) is 65.6 Å². The molecule has 5 rings (SSSR count). The highest BCUT2D eigenvalue weighted by Crippen LogP contribution is 2.44. The maximum absolute atomic E-state index is 12.9. The van der Waals surface area contributed by atoms with Gasteiger partial charge in [0.15, 0.2) is 0 Å². The monoisotopic (exact) mass is 468 g/mol. The van der Waals surface area contributed by atoms with Gasteiger partial charge in [0.05, 0.1) is 0 Å². The average Bonchev–Trinajstić information content (AvgIpc) is 3.19. The number of hydrogen-bond donors (Lipinski definition) is 1. The van der Waals surface area contributed by atoms with Gasteiger partial charge in [-0.2, -0.15) is 0 Å². The van der Waals surface area contributed by atoms with E-state index in [4.69, 9.17) is 11.2 Å². The number of benzene rings is 3. The number of nitrogens with zero attached hydrogens (tertiary/aromatic N) is 2. The first-order chi connectivity index (χ1) is 16.6. The molecule has 0 atom stereocenters. The van der Waals surface area contributed by atoms with E-state index >= 15 is 0 Å². The third-order valence-corrected chi connectivity index (χ3v) is 7.47. The fourth-order valence-electron chi connectivity index (χ4n) is 5.05. The lowest BCUT2D eigenvalue weighted by atomic mass is 9.98. The third-order valence-electron chi connectivity index (χ3n) is 7.00. The third kappa shape index (κ3) is 4.15. The van der Waals surface area contributed by atoms with Crippen LogP contribution in [0.4, 0.5) is 10.5 Å². The van der Waals surface area contributed by atoms with Crippen LogP contribution < -0.4 is 4.90 Å². The molecule has 0 bridgehead atoms. The molecule has 1 amide bonds. The Morgan fingerprint density at radius 1 is 1.03 bits per heavy atom. The molecule has 3 aromatic carbocycles. The Kier molecular flexibility index (Phi) is 6.26. The van der Waals surface area contributed by atoms with Crippen molar-refractivity contribution < 1.29 is 9.53 Å². The molecule has 0 N–H and O–H groups in total. The molecule has 1 aliphatic carbocycles. The van der Waals surface area contributed by atoms with Gasteiger partial charge in [-0.05, 0) is 52.4 Å². The van der Waals surface area contributed by atoms with E-state index in [-0.39, 0.29) is 12.0 Å². The van der Waals surface area contributed by atoms with Gasteiger partial charge in [-0.15, -0.1) is 25.0 Å². The lowest BCUT2D eigenvalue weighted by molar-refractivity contribution is 0.0977. The summed E-state index contributed by atoms with van der Waals surface area (Å²) >= 11 is 4.63. The predicted molar refractivity (Wildman–Crippen MR) is 140 cm³/mol. The van der Waals surface area contributed by atoms with E-state index < -0.39 is 0 Å². The van der Waals surface area contributed by atoms with E-state index in [1.807, 2.05) is 6.92 Å². The average molecular weight is 469 g/mol. The molecule has 1 fully saturated rings. The molecular weight excluding hydrogens is 440 g/mol. The Labute approximate surface area is 206 Å². The van der Waals surface area contributed by atoms with Gasteiger partial charge >= 0.3 is 6.09 Å². The maximum Gasteiger partial charge on any atom is 0.409 e. The molecule has 5 heteroatoms. The molecule has 4 nitrogen and oxygen atoms in total. The van der Waals surface area contributed by atoms with E-state index in [2.05, 4.69) is 84.1 Å². The number of rotatable bonds is 4. The Bertz CT molecular complexity index is 1230. The molecule has 0 aromatic heterocycles. The number of thiol groups is 1. The first-order valence-corrected chi connectivity index (χ1v) is 12.1. The van der Waals surface area contributed by atoms with Crippen LogP contribution in [0.3, 0.4) is 0 Å². The zero-order chi connectivity index (χ0) is 23.7. The topological polar surface area (TPSA) is 32.8 Å². The minimum Gasteiger partial charge on any atom is -0.448 e. The van der Waals surface area contributed by atoms with E-state index in [0.717, 1.165) is 34.8 Å². The summed E-state index contributed by atoms with van der Waals surface area (Å²) in [5.74, 6) is 2.81. The van der Waals surface area contributed by atoms with Crippen molar-refractivity contribution in [3.63, 3.8) is 0 Å². The molecule has 0 radical (unpaired) electrons. The smallest absolute Gasteiger partial charge is 0.409 e.